The van der Waals surface area contributed by atoms with Gasteiger partial charge in [-0.25, -0.2) is 4.39 Å². The number of thiophene rings is 1. The van der Waals surface area contributed by atoms with Gasteiger partial charge < -0.3 is 10.0 Å². The third kappa shape index (κ3) is 3.40. The topological polar surface area (TPSA) is 23.5 Å². The van der Waals surface area contributed by atoms with Gasteiger partial charge in [-0.2, -0.15) is 0 Å². The van der Waals surface area contributed by atoms with E-state index >= 15 is 0 Å². The molecule has 1 unspecified atom stereocenters. The van der Waals surface area contributed by atoms with Crippen molar-refractivity contribution in [2.24, 2.45) is 0 Å². The highest BCUT2D eigenvalue weighted by atomic mass is 79.9. The molecule has 0 aliphatic rings. The Bertz CT molecular complexity index is 612. The average Bonchev–Trinajstić information content (AvgIpc) is 2.77. The monoisotopic (exact) mass is 357 g/mol. The van der Waals surface area contributed by atoms with Gasteiger partial charge in [0, 0.05) is 33.0 Å². The molecule has 108 valence electrons. The number of hydrogen-bond donors (Lipinski definition) is 1. The van der Waals surface area contributed by atoms with Crippen LogP contribution in [0, 0.1) is 12.7 Å². The largest absolute Gasteiger partial charge is 0.389 e. The Hall–Kier alpha value is -0.910. The van der Waals surface area contributed by atoms with Crippen molar-refractivity contribution in [2.45, 2.75) is 26.5 Å². The summed E-state index contributed by atoms with van der Waals surface area (Å²) in [4.78, 5) is 3.24. The van der Waals surface area contributed by atoms with E-state index in [1.807, 2.05) is 17.3 Å². The van der Waals surface area contributed by atoms with E-state index in [0.29, 0.717) is 11.1 Å². The molecule has 1 N–H and O–H groups in total. The minimum atomic E-state index is -0.697. The summed E-state index contributed by atoms with van der Waals surface area (Å²) in [6.07, 6.45) is -0.697. The average molecular weight is 358 g/mol. The summed E-state index contributed by atoms with van der Waals surface area (Å²) in [5.74, 6) is -0.281. The van der Waals surface area contributed by atoms with Crippen molar-refractivity contribution in [3.63, 3.8) is 0 Å². The minimum absolute atomic E-state index is 0.281. The van der Waals surface area contributed by atoms with Crippen LogP contribution in [0.1, 0.15) is 29.0 Å². The number of anilines is 1. The SMILES string of the molecule is Cc1cc(N(C)Cc2cc(Br)cs2)c(C(C)O)cc1F. The zero-order valence-electron chi connectivity index (χ0n) is 11.7. The third-order valence-electron chi connectivity index (χ3n) is 3.18. The molecule has 0 saturated carbocycles. The lowest BCUT2D eigenvalue weighted by Gasteiger charge is -2.24. The van der Waals surface area contributed by atoms with Gasteiger partial charge in [0.05, 0.1) is 12.6 Å². The van der Waals surface area contributed by atoms with Gasteiger partial charge in [-0.3, -0.25) is 0 Å². The first-order valence-corrected chi connectivity index (χ1v) is 7.98. The Labute approximate surface area is 131 Å². The second-order valence-electron chi connectivity index (χ2n) is 4.92. The molecule has 2 aromatic rings. The van der Waals surface area contributed by atoms with Gasteiger partial charge in [0.25, 0.3) is 0 Å². The maximum atomic E-state index is 13.7. The Morgan fingerprint density at radius 3 is 2.65 bits per heavy atom. The molecule has 0 aliphatic heterocycles. The smallest absolute Gasteiger partial charge is 0.126 e. The van der Waals surface area contributed by atoms with E-state index in [1.54, 1.807) is 31.3 Å². The fraction of sp³-hybridized carbons (Fsp3) is 0.333. The lowest BCUT2D eigenvalue weighted by Crippen LogP contribution is -2.18. The molecule has 1 heterocycles. The highest BCUT2D eigenvalue weighted by Gasteiger charge is 2.15. The molecular weight excluding hydrogens is 341 g/mol. The maximum Gasteiger partial charge on any atom is 0.126 e. The number of halogens is 2. The molecule has 2 nitrogen and oxygen atoms in total. The molecule has 5 heteroatoms. The third-order valence-corrected chi connectivity index (χ3v) is 4.87. The van der Waals surface area contributed by atoms with Crippen LogP contribution in [0.5, 0.6) is 0 Å². The molecule has 0 bridgehead atoms. The number of hydrogen-bond acceptors (Lipinski definition) is 3. The number of nitrogens with zero attached hydrogens (tertiary/aromatic N) is 1. The van der Waals surface area contributed by atoms with Crippen molar-refractivity contribution in [3.8, 4) is 0 Å². The normalized spacial score (nSPS) is 12.5. The predicted molar refractivity (Wildman–Crippen MR) is 85.9 cm³/mol. The summed E-state index contributed by atoms with van der Waals surface area (Å²) in [5, 5.41) is 11.9. The highest BCUT2D eigenvalue weighted by Crippen LogP contribution is 2.30. The van der Waals surface area contributed by atoms with Crippen LogP contribution < -0.4 is 4.90 Å². The summed E-state index contributed by atoms with van der Waals surface area (Å²) in [7, 11) is 1.95. The molecule has 1 aromatic heterocycles. The number of rotatable bonds is 4. The Morgan fingerprint density at radius 2 is 2.10 bits per heavy atom. The van der Waals surface area contributed by atoms with E-state index < -0.39 is 6.10 Å². The van der Waals surface area contributed by atoms with Crippen LogP contribution in [0.3, 0.4) is 0 Å². The zero-order valence-corrected chi connectivity index (χ0v) is 14.1. The van der Waals surface area contributed by atoms with E-state index in [9.17, 15) is 9.50 Å². The number of aliphatic hydroxyl groups excluding tert-OH is 1. The fourth-order valence-electron chi connectivity index (χ4n) is 2.10. The molecule has 0 radical (unpaired) electrons. The van der Waals surface area contributed by atoms with Gasteiger partial charge in [-0.05, 0) is 53.5 Å². The first kappa shape index (κ1) is 15.5. The van der Waals surface area contributed by atoms with Crippen LogP contribution in [0.25, 0.3) is 0 Å². The summed E-state index contributed by atoms with van der Waals surface area (Å²) < 4.78 is 14.7. The van der Waals surface area contributed by atoms with E-state index in [0.717, 1.165) is 16.7 Å². The summed E-state index contributed by atoms with van der Waals surface area (Å²) in [6, 6.07) is 5.29. The Morgan fingerprint density at radius 1 is 1.40 bits per heavy atom. The van der Waals surface area contributed by atoms with Crippen LogP contribution in [0.15, 0.2) is 28.1 Å². The van der Waals surface area contributed by atoms with Gasteiger partial charge in [0.1, 0.15) is 5.82 Å². The van der Waals surface area contributed by atoms with E-state index in [1.165, 1.54) is 10.9 Å². The Kier molecular flexibility index (Phi) is 4.83. The number of aliphatic hydroxyl groups is 1. The van der Waals surface area contributed by atoms with Gasteiger partial charge in [-0.15, -0.1) is 11.3 Å². The van der Waals surface area contributed by atoms with Crippen LogP contribution in [-0.4, -0.2) is 12.2 Å². The number of aryl methyl sites for hydroxylation is 1. The summed E-state index contributed by atoms with van der Waals surface area (Å²) >= 11 is 5.11. The van der Waals surface area contributed by atoms with Gasteiger partial charge in [-0.1, -0.05) is 0 Å². The standard InChI is InChI=1S/C15H17BrFNOS/c1-9-4-15(13(10(2)19)6-14(9)17)18(3)7-12-5-11(16)8-20-12/h4-6,8,10,19H,7H2,1-3H3. The van der Waals surface area contributed by atoms with Crippen molar-refractivity contribution < 1.29 is 9.50 Å². The van der Waals surface area contributed by atoms with Crippen molar-refractivity contribution >= 4 is 33.0 Å². The number of benzene rings is 1. The minimum Gasteiger partial charge on any atom is -0.389 e. The molecule has 0 fully saturated rings. The first-order chi connectivity index (χ1) is 9.38. The van der Waals surface area contributed by atoms with Crippen molar-refractivity contribution in [1.29, 1.82) is 0 Å². The van der Waals surface area contributed by atoms with Crippen molar-refractivity contribution in [2.75, 3.05) is 11.9 Å². The quantitative estimate of drug-likeness (QED) is 0.860. The summed E-state index contributed by atoms with van der Waals surface area (Å²) in [6.45, 7) is 4.12. The molecule has 0 aliphatic carbocycles. The second kappa shape index (κ2) is 6.24. The predicted octanol–water partition coefficient (Wildman–Crippen LogP) is 4.65. The second-order valence-corrected chi connectivity index (χ2v) is 6.83. The van der Waals surface area contributed by atoms with Gasteiger partial charge >= 0.3 is 0 Å². The van der Waals surface area contributed by atoms with E-state index in [-0.39, 0.29) is 5.82 Å². The fourth-order valence-corrected chi connectivity index (χ4v) is 3.61. The molecule has 1 atom stereocenters. The zero-order chi connectivity index (χ0) is 14.9. The van der Waals surface area contributed by atoms with E-state index in [4.69, 9.17) is 0 Å². The molecular formula is C15H17BrFNOS. The molecule has 0 amide bonds. The Balaban J connectivity index is 2.33. The molecule has 1 aromatic carbocycles. The van der Waals surface area contributed by atoms with Crippen molar-refractivity contribution in [3.05, 3.63) is 49.9 Å². The van der Waals surface area contributed by atoms with E-state index in [2.05, 4.69) is 22.0 Å². The van der Waals surface area contributed by atoms with Gasteiger partial charge in [0.15, 0.2) is 0 Å². The molecule has 0 spiro atoms. The molecule has 20 heavy (non-hydrogen) atoms. The first-order valence-electron chi connectivity index (χ1n) is 6.30. The maximum absolute atomic E-state index is 13.7. The molecule has 2 rings (SSSR count). The van der Waals surface area contributed by atoms with Crippen LogP contribution >= 0.6 is 27.3 Å². The van der Waals surface area contributed by atoms with Crippen LogP contribution in [0.2, 0.25) is 0 Å². The van der Waals surface area contributed by atoms with Crippen LogP contribution in [0.4, 0.5) is 10.1 Å². The highest BCUT2D eigenvalue weighted by molar-refractivity contribution is 9.10. The van der Waals surface area contributed by atoms with Crippen molar-refractivity contribution in [1.82, 2.24) is 0 Å². The lowest BCUT2D eigenvalue weighted by molar-refractivity contribution is 0.199. The molecule has 0 saturated heterocycles. The summed E-state index contributed by atoms with van der Waals surface area (Å²) in [5.41, 5.74) is 2.07. The van der Waals surface area contributed by atoms with Gasteiger partial charge in [0.2, 0.25) is 0 Å². The lowest BCUT2D eigenvalue weighted by atomic mass is 10.0. The van der Waals surface area contributed by atoms with Crippen LogP contribution in [-0.2, 0) is 6.54 Å².